The maximum Gasteiger partial charge on any atom is 0.312 e. The Labute approximate surface area is 141 Å². The molecule has 8 nitrogen and oxygen atoms in total. The Kier molecular flexibility index (Phi) is 4.75. The summed E-state index contributed by atoms with van der Waals surface area (Å²) >= 11 is 0. The minimum absolute atomic E-state index is 0.0386. The van der Waals surface area contributed by atoms with E-state index in [4.69, 9.17) is 4.74 Å². The molecule has 3 rings (SSSR count). The molecule has 2 fully saturated rings. The summed E-state index contributed by atoms with van der Waals surface area (Å²) in [7, 11) is -2.48. The molecule has 1 aliphatic carbocycles. The molecule has 1 heterocycles. The molecular weight excluding hydrogens is 334 g/mol. The van der Waals surface area contributed by atoms with Crippen LogP contribution < -0.4 is 9.46 Å². The van der Waals surface area contributed by atoms with E-state index in [0.717, 1.165) is 32.0 Å². The highest BCUT2D eigenvalue weighted by Gasteiger charge is 2.33. The first-order valence-corrected chi connectivity index (χ1v) is 9.48. The third-order valence-corrected chi connectivity index (χ3v) is 6.09. The Morgan fingerprint density at radius 1 is 1.25 bits per heavy atom. The number of hydrogen-bond donors (Lipinski definition) is 1. The van der Waals surface area contributed by atoms with Gasteiger partial charge in [0.1, 0.15) is 0 Å². The van der Waals surface area contributed by atoms with E-state index in [-0.39, 0.29) is 22.4 Å². The number of nitro groups is 1. The van der Waals surface area contributed by atoms with Gasteiger partial charge in [-0.15, -0.1) is 0 Å². The number of rotatable bonds is 6. The standard InChI is InChI=1S/C15H21N3O5S/c1-23-15-5-4-13(10-14(15)18(19)20)24(21,22)16-11-6-8-17(9-7-11)12-2-3-12/h4-5,10-12,16H,2-3,6-9H2,1H3. The number of nitrogens with one attached hydrogen (secondary N) is 1. The average Bonchev–Trinajstić information content (AvgIpc) is 3.39. The lowest BCUT2D eigenvalue weighted by Crippen LogP contribution is -2.45. The topological polar surface area (TPSA) is 102 Å². The molecular formula is C15H21N3O5S. The van der Waals surface area contributed by atoms with E-state index in [1.165, 1.54) is 32.1 Å². The van der Waals surface area contributed by atoms with Crippen LogP contribution in [0.3, 0.4) is 0 Å². The van der Waals surface area contributed by atoms with E-state index in [2.05, 4.69) is 9.62 Å². The molecule has 0 atom stereocenters. The van der Waals surface area contributed by atoms with Crippen molar-refractivity contribution in [2.45, 2.75) is 42.7 Å². The van der Waals surface area contributed by atoms with Gasteiger partial charge >= 0.3 is 5.69 Å². The molecule has 1 saturated carbocycles. The van der Waals surface area contributed by atoms with Crippen molar-refractivity contribution in [1.82, 2.24) is 9.62 Å². The lowest BCUT2D eigenvalue weighted by molar-refractivity contribution is -0.386. The number of methoxy groups -OCH3 is 1. The highest BCUT2D eigenvalue weighted by atomic mass is 32.2. The molecule has 0 bridgehead atoms. The summed E-state index contributed by atoms with van der Waals surface area (Å²) in [6.07, 6.45) is 4.00. The zero-order valence-corrected chi connectivity index (χ0v) is 14.3. The number of benzene rings is 1. The number of piperidine rings is 1. The molecule has 1 N–H and O–H groups in total. The molecule has 0 spiro atoms. The molecule has 1 aliphatic heterocycles. The minimum Gasteiger partial charge on any atom is -0.490 e. The van der Waals surface area contributed by atoms with Crippen LogP contribution in [0.2, 0.25) is 0 Å². The largest absolute Gasteiger partial charge is 0.490 e. The van der Waals surface area contributed by atoms with Crippen LogP contribution in [0.1, 0.15) is 25.7 Å². The van der Waals surface area contributed by atoms with Gasteiger partial charge in [-0.05, 0) is 50.9 Å². The summed E-state index contributed by atoms with van der Waals surface area (Å²) in [6, 6.07) is 4.23. The van der Waals surface area contributed by atoms with Crippen LogP contribution in [-0.4, -0.2) is 50.5 Å². The molecule has 0 aromatic heterocycles. The summed E-state index contributed by atoms with van der Waals surface area (Å²) < 4.78 is 32.6. The van der Waals surface area contributed by atoms with Gasteiger partial charge in [-0.25, -0.2) is 13.1 Å². The average molecular weight is 355 g/mol. The van der Waals surface area contributed by atoms with Crippen LogP contribution in [0.25, 0.3) is 0 Å². The first kappa shape index (κ1) is 17.1. The van der Waals surface area contributed by atoms with Crippen molar-refractivity contribution < 1.29 is 18.1 Å². The first-order chi connectivity index (χ1) is 11.4. The smallest absolute Gasteiger partial charge is 0.312 e. The van der Waals surface area contributed by atoms with Crippen LogP contribution in [0, 0.1) is 10.1 Å². The van der Waals surface area contributed by atoms with Gasteiger partial charge in [0.15, 0.2) is 5.75 Å². The number of nitro benzene ring substituents is 1. The number of ether oxygens (including phenoxy) is 1. The molecule has 132 valence electrons. The Hall–Kier alpha value is -1.71. The Balaban J connectivity index is 1.71. The Bertz CT molecular complexity index is 725. The van der Waals surface area contributed by atoms with E-state index in [1.54, 1.807) is 0 Å². The predicted molar refractivity (Wildman–Crippen MR) is 87.6 cm³/mol. The SMILES string of the molecule is COc1ccc(S(=O)(=O)NC2CCN(C3CC3)CC2)cc1[N+](=O)[O-]. The second-order valence-corrected chi connectivity index (χ2v) is 7.97. The van der Waals surface area contributed by atoms with Crippen LogP contribution in [-0.2, 0) is 10.0 Å². The van der Waals surface area contributed by atoms with E-state index in [9.17, 15) is 18.5 Å². The van der Waals surface area contributed by atoms with Crippen LogP contribution in [0.15, 0.2) is 23.1 Å². The van der Waals surface area contributed by atoms with Crippen molar-refractivity contribution in [1.29, 1.82) is 0 Å². The fraction of sp³-hybridized carbons (Fsp3) is 0.600. The van der Waals surface area contributed by atoms with E-state index in [0.29, 0.717) is 6.04 Å². The molecule has 24 heavy (non-hydrogen) atoms. The third kappa shape index (κ3) is 3.68. The quantitative estimate of drug-likeness (QED) is 0.613. The second-order valence-electron chi connectivity index (χ2n) is 6.25. The number of sulfonamides is 1. The molecule has 1 aromatic rings. The van der Waals surface area contributed by atoms with Gasteiger partial charge < -0.3 is 9.64 Å². The zero-order valence-electron chi connectivity index (χ0n) is 13.5. The summed E-state index contributed by atoms with van der Waals surface area (Å²) in [6.45, 7) is 1.78. The van der Waals surface area contributed by atoms with Crippen LogP contribution >= 0.6 is 0 Å². The lowest BCUT2D eigenvalue weighted by atomic mass is 10.1. The molecule has 1 saturated heterocycles. The van der Waals surface area contributed by atoms with Crippen LogP contribution in [0.5, 0.6) is 5.75 Å². The zero-order chi connectivity index (χ0) is 17.3. The highest BCUT2D eigenvalue weighted by molar-refractivity contribution is 7.89. The summed E-state index contributed by atoms with van der Waals surface area (Å²) in [5, 5.41) is 11.1. The van der Waals surface area contributed by atoms with Crippen molar-refractivity contribution in [2.24, 2.45) is 0 Å². The van der Waals surface area contributed by atoms with Gasteiger partial charge in [-0.1, -0.05) is 0 Å². The minimum atomic E-state index is -3.79. The molecule has 9 heteroatoms. The molecule has 2 aliphatic rings. The van der Waals surface area contributed by atoms with E-state index < -0.39 is 14.9 Å². The van der Waals surface area contributed by atoms with Gasteiger partial charge in [0.2, 0.25) is 10.0 Å². The van der Waals surface area contributed by atoms with Crippen molar-refractivity contribution >= 4 is 15.7 Å². The highest BCUT2D eigenvalue weighted by Crippen LogP contribution is 2.31. The fourth-order valence-electron chi connectivity index (χ4n) is 3.09. The normalized spacial score (nSPS) is 20.0. The molecule has 0 radical (unpaired) electrons. The number of likely N-dealkylation sites (tertiary alicyclic amines) is 1. The maximum atomic E-state index is 12.5. The third-order valence-electron chi connectivity index (χ3n) is 4.57. The fourth-order valence-corrected chi connectivity index (χ4v) is 4.41. The Morgan fingerprint density at radius 2 is 1.92 bits per heavy atom. The van der Waals surface area contributed by atoms with Crippen molar-refractivity contribution in [3.8, 4) is 5.75 Å². The second kappa shape index (κ2) is 6.66. The maximum absolute atomic E-state index is 12.5. The number of hydrogen-bond acceptors (Lipinski definition) is 6. The Morgan fingerprint density at radius 3 is 2.46 bits per heavy atom. The van der Waals surface area contributed by atoms with Gasteiger partial charge in [0.25, 0.3) is 0 Å². The van der Waals surface area contributed by atoms with Crippen molar-refractivity contribution in [2.75, 3.05) is 20.2 Å². The molecule has 0 unspecified atom stereocenters. The number of nitrogens with zero attached hydrogens (tertiary/aromatic N) is 2. The molecule has 0 amide bonds. The van der Waals surface area contributed by atoms with Gasteiger partial charge in [0.05, 0.1) is 16.9 Å². The monoisotopic (exact) mass is 355 g/mol. The van der Waals surface area contributed by atoms with Gasteiger partial charge in [0, 0.05) is 18.2 Å². The summed E-state index contributed by atoms with van der Waals surface area (Å²) in [5.74, 6) is 0.0386. The first-order valence-electron chi connectivity index (χ1n) is 7.99. The summed E-state index contributed by atoms with van der Waals surface area (Å²) in [4.78, 5) is 12.7. The van der Waals surface area contributed by atoms with Gasteiger partial charge in [-0.3, -0.25) is 10.1 Å². The van der Waals surface area contributed by atoms with Crippen molar-refractivity contribution in [3.05, 3.63) is 28.3 Å². The molecule has 1 aromatic carbocycles. The van der Waals surface area contributed by atoms with Crippen LogP contribution in [0.4, 0.5) is 5.69 Å². The van der Waals surface area contributed by atoms with E-state index >= 15 is 0 Å². The predicted octanol–water partition coefficient (Wildman–Crippen LogP) is 1.51. The van der Waals surface area contributed by atoms with Gasteiger partial charge in [-0.2, -0.15) is 0 Å². The van der Waals surface area contributed by atoms with Crippen molar-refractivity contribution in [3.63, 3.8) is 0 Å². The lowest BCUT2D eigenvalue weighted by Gasteiger charge is -2.32. The summed E-state index contributed by atoms with van der Waals surface area (Å²) in [5.41, 5.74) is -0.357. The van der Waals surface area contributed by atoms with E-state index in [1.807, 2.05) is 0 Å².